The Hall–Kier alpha value is -1.47. The molecule has 0 radical (unpaired) electrons. The Kier molecular flexibility index (Phi) is 8.69. The van der Waals surface area contributed by atoms with Crippen molar-refractivity contribution in [2.75, 3.05) is 24.7 Å². The van der Waals surface area contributed by atoms with Crippen LogP contribution in [0.15, 0.2) is 28.8 Å². The summed E-state index contributed by atoms with van der Waals surface area (Å²) < 4.78 is 0. The number of ketones is 1. The minimum atomic E-state index is -0.138. The molecular weight excluding hydrogens is 304 g/mol. The first-order valence-electron chi connectivity index (χ1n) is 7.35. The molecule has 1 rings (SSSR count). The predicted molar refractivity (Wildman–Crippen MR) is 89.2 cm³/mol. The van der Waals surface area contributed by atoms with E-state index in [4.69, 9.17) is 15.7 Å². The zero-order valence-corrected chi connectivity index (χ0v) is 13.6. The summed E-state index contributed by atoms with van der Waals surface area (Å²) in [7, 11) is 0. The topological polar surface area (TPSA) is 105 Å². The minimum absolute atomic E-state index is 0.00429. The summed E-state index contributed by atoms with van der Waals surface area (Å²) in [6.07, 6.45) is 3.99. The summed E-state index contributed by atoms with van der Waals surface area (Å²) >= 11 is 1.83. The van der Waals surface area contributed by atoms with E-state index in [0.717, 1.165) is 24.2 Å². The number of carbonyl (C=O) groups excluding carboxylic acids is 1. The molecule has 0 saturated heterocycles. The first-order chi connectivity index (χ1) is 10.6. The van der Waals surface area contributed by atoms with Gasteiger partial charge in [-0.15, -0.1) is 0 Å². The van der Waals surface area contributed by atoms with E-state index in [9.17, 15) is 9.90 Å². The number of Topliss-reactive ketones (excluding diaryl/α,β-unsaturated/α-hetero) is 1. The Morgan fingerprint density at radius 2 is 2.32 bits per heavy atom. The van der Waals surface area contributed by atoms with E-state index in [1.165, 1.54) is 6.08 Å². The Morgan fingerprint density at radius 1 is 1.55 bits per heavy atom. The molecule has 0 amide bonds. The van der Waals surface area contributed by atoms with Crippen LogP contribution in [0.1, 0.15) is 26.2 Å². The number of nitrogens with zero attached hydrogens (tertiary/aromatic N) is 1. The zero-order valence-electron chi connectivity index (χ0n) is 12.8. The van der Waals surface area contributed by atoms with Crippen molar-refractivity contribution in [3.63, 3.8) is 0 Å². The lowest BCUT2D eigenvalue weighted by molar-refractivity contribution is -0.116. The molecule has 1 aliphatic rings. The van der Waals surface area contributed by atoms with Crippen LogP contribution >= 0.6 is 11.8 Å². The monoisotopic (exact) mass is 328 g/mol. The average Bonchev–Trinajstić information content (AvgIpc) is 2.49. The second-order valence-corrected chi connectivity index (χ2v) is 6.32. The van der Waals surface area contributed by atoms with Crippen LogP contribution in [-0.2, 0) is 9.63 Å². The van der Waals surface area contributed by atoms with Gasteiger partial charge in [-0.05, 0) is 29.9 Å². The van der Waals surface area contributed by atoms with Crippen molar-refractivity contribution in [3.05, 3.63) is 23.7 Å². The van der Waals surface area contributed by atoms with E-state index in [0.29, 0.717) is 12.8 Å². The number of allylic oxidation sites excluding steroid dienone is 1. The molecule has 0 fully saturated rings. The third kappa shape index (κ3) is 5.73. The Labute approximate surface area is 135 Å². The first-order valence-corrected chi connectivity index (χ1v) is 8.51. The molecule has 0 saturated carbocycles. The standard InChI is InChI=1S/C15H24N2O4S/c1-2-22-7-4-11-8-13(19)15(14(20)9-11)12(10-16)17-21-6-3-5-18/h3,5,11,18-19H,2,4,6-10,16H2,1H3/b5-3+,17-12+. The normalized spacial score (nSPS) is 20.0. The van der Waals surface area contributed by atoms with Gasteiger partial charge < -0.3 is 20.8 Å². The maximum Gasteiger partial charge on any atom is 0.168 e. The number of rotatable bonds is 9. The third-order valence-electron chi connectivity index (χ3n) is 3.33. The quantitative estimate of drug-likeness (QED) is 0.260. The summed E-state index contributed by atoms with van der Waals surface area (Å²) in [6.45, 7) is 2.17. The van der Waals surface area contributed by atoms with Gasteiger partial charge in [0.05, 0.1) is 11.8 Å². The number of hydrogen-bond donors (Lipinski definition) is 3. The highest BCUT2D eigenvalue weighted by Gasteiger charge is 2.30. The molecule has 4 N–H and O–H groups in total. The van der Waals surface area contributed by atoms with E-state index in [-0.39, 0.29) is 41.9 Å². The SMILES string of the molecule is CCSCCC1CC(=O)C(/C(CN)=N/OC/C=C/O)=C(O)C1. The number of aliphatic hydroxyl groups is 2. The summed E-state index contributed by atoms with van der Waals surface area (Å²) in [5.41, 5.74) is 6.03. The zero-order chi connectivity index (χ0) is 16.4. The summed E-state index contributed by atoms with van der Waals surface area (Å²) in [5, 5.41) is 22.5. The lowest BCUT2D eigenvalue weighted by Gasteiger charge is -2.23. The van der Waals surface area contributed by atoms with Crippen LogP contribution in [0.2, 0.25) is 0 Å². The number of oxime groups is 1. The van der Waals surface area contributed by atoms with Crippen molar-refractivity contribution in [2.45, 2.75) is 26.2 Å². The van der Waals surface area contributed by atoms with Crippen LogP contribution in [0.4, 0.5) is 0 Å². The molecule has 1 aliphatic carbocycles. The van der Waals surface area contributed by atoms with Gasteiger partial charge in [0.15, 0.2) is 5.78 Å². The van der Waals surface area contributed by atoms with Gasteiger partial charge in [0.25, 0.3) is 0 Å². The molecule has 1 unspecified atom stereocenters. The van der Waals surface area contributed by atoms with E-state index < -0.39 is 0 Å². The second kappa shape index (κ2) is 10.3. The highest BCUT2D eigenvalue weighted by atomic mass is 32.2. The number of thioether (sulfide) groups is 1. The largest absolute Gasteiger partial charge is 0.516 e. The molecule has 7 heteroatoms. The predicted octanol–water partition coefficient (Wildman–Crippen LogP) is 2.32. The first kappa shape index (κ1) is 18.6. The highest BCUT2D eigenvalue weighted by Crippen LogP contribution is 2.29. The molecule has 1 atom stereocenters. The van der Waals surface area contributed by atoms with Gasteiger partial charge in [-0.25, -0.2) is 0 Å². The lowest BCUT2D eigenvalue weighted by Crippen LogP contribution is -2.29. The molecule has 124 valence electrons. The van der Waals surface area contributed by atoms with E-state index >= 15 is 0 Å². The summed E-state index contributed by atoms with van der Waals surface area (Å²) in [5.74, 6) is 2.13. The van der Waals surface area contributed by atoms with Crippen LogP contribution in [0.25, 0.3) is 0 Å². The minimum Gasteiger partial charge on any atom is -0.516 e. The molecule has 0 spiro atoms. The summed E-state index contributed by atoms with van der Waals surface area (Å²) in [6, 6.07) is 0. The smallest absolute Gasteiger partial charge is 0.168 e. The average molecular weight is 328 g/mol. The number of aliphatic hydroxyl groups excluding tert-OH is 2. The van der Waals surface area contributed by atoms with Crippen molar-refractivity contribution in [2.24, 2.45) is 16.8 Å². The van der Waals surface area contributed by atoms with Gasteiger partial charge in [-0.1, -0.05) is 12.1 Å². The fourth-order valence-corrected chi connectivity index (χ4v) is 3.07. The van der Waals surface area contributed by atoms with Crippen molar-refractivity contribution in [1.29, 1.82) is 0 Å². The van der Waals surface area contributed by atoms with E-state index in [1.807, 2.05) is 11.8 Å². The van der Waals surface area contributed by atoms with Gasteiger partial charge >= 0.3 is 0 Å². The maximum absolute atomic E-state index is 12.3. The molecule has 0 aromatic heterocycles. The fourth-order valence-electron chi connectivity index (χ4n) is 2.29. The van der Waals surface area contributed by atoms with Crippen LogP contribution in [0.3, 0.4) is 0 Å². The fraction of sp³-hybridized carbons (Fsp3) is 0.600. The van der Waals surface area contributed by atoms with Gasteiger partial charge in [-0.2, -0.15) is 11.8 Å². The molecule has 22 heavy (non-hydrogen) atoms. The Balaban J connectivity index is 2.74. The van der Waals surface area contributed by atoms with E-state index in [2.05, 4.69) is 12.1 Å². The van der Waals surface area contributed by atoms with Crippen LogP contribution in [0.5, 0.6) is 0 Å². The number of hydrogen-bond acceptors (Lipinski definition) is 7. The molecule has 0 aromatic carbocycles. The molecule has 0 bridgehead atoms. The molecule has 0 aliphatic heterocycles. The van der Waals surface area contributed by atoms with Crippen LogP contribution in [-0.4, -0.2) is 46.4 Å². The Bertz CT molecular complexity index is 460. The van der Waals surface area contributed by atoms with Crippen LogP contribution < -0.4 is 5.73 Å². The van der Waals surface area contributed by atoms with Gasteiger partial charge in [-0.3, -0.25) is 4.79 Å². The van der Waals surface area contributed by atoms with Gasteiger partial charge in [0, 0.05) is 19.4 Å². The second-order valence-electron chi connectivity index (χ2n) is 4.93. The van der Waals surface area contributed by atoms with Gasteiger partial charge in [0.2, 0.25) is 0 Å². The Morgan fingerprint density at radius 3 is 2.91 bits per heavy atom. The number of carbonyl (C=O) groups is 1. The van der Waals surface area contributed by atoms with Crippen molar-refractivity contribution in [3.8, 4) is 0 Å². The molecule has 0 aromatic rings. The van der Waals surface area contributed by atoms with Gasteiger partial charge in [0.1, 0.15) is 18.1 Å². The molecular formula is C15H24N2O4S. The molecule has 0 heterocycles. The summed E-state index contributed by atoms with van der Waals surface area (Å²) in [4.78, 5) is 17.2. The van der Waals surface area contributed by atoms with E-state index in [1.54, 1.807) is 0 Å². The maximum atomic E-state index is 12.3. The highest BCUT2D eigenvalue weighted by molar-refractivity contribution is 7.99. The van der Waals surface area contributed by atoms with Crippen molar-refractivity contribution < 1.29 is 19.8 Å². The van der Waals surface area contributed by atoms with Crippen molar-refractivity contribution >= 4 is 23.3 Å². The third-order valence-corrected chi connectivity index (χ3v) is 4.26. The van der Waals surface area contributed by atoms with Crippen molar-refractivity contribution in [1.82, 2.24) is 0 Å². The lowest BCUT2D eigenvalue weighted by atomic mass is 9.84. The molecule has 6 nitrogen and oxygen atoms in total. The van der Waals surface area contributed by atoms with Crippen LogP contribution in [0, 0.1) is 5.92 Å². The number of nitrogens with two attached hydrogens (primary N) is 1.